The van der Waals surface area contributed by atoms with Crippen LogP contribution >= 0.6 is 0 Å². The minimum atomic E-state index is -0.191. The number of nitrogens with zero attached hydrogens (tertiary/aromatic N) is 2. The summed E-state index contributed by atoms with van der Waals surface area (Å²) in [4.78, 5) is 4.18. The standard InChI is InChI=1S/C10H13N3O/c11-10(3-1-2-4-10)8-7-12-9-13(8)5-6-14-9/h5-7H,1-4,11H2. The summed E-state index contributed by atoms with van der Waals surface area (Å²) in [5.41, 5.74) is 7.24. The lowest BCUT2D eigenvalue weighted by Crippen LogP contribution is -2.34. The van der Waals surface area contributed by atoms with Crippen molar-refractivity contribution in [2.24, 2.45) is 5.73 Å². The Bertz CT molecular complexity index is 451. The van der Waals surface area contributed by atoms with E-state index in [1.54, 1.807) is 6.26 Å². The fourth-order valence-electron chi connectivity index (χ4n) is 2.36. The molecule has 0 amide bonds. The fraction of sp³-hybridized carbons (Fsp3) is 0.500. The van der Waals surface area contributed by atoms with Crippen LogP contribution in [0.2, 0.25) is 0 Å². The lowest BCUT2D eigenvalue weighted by atomic mass is 9.95. The quantitative estimate of drug-likeness (QED) is 0.745. The van der Waals surface area contributed by atoms with Gasteiger partial charge in [0.05, 0.1) is 17.4 Å². The van der Waals surface area contributed by atoms with Crippen LogP contribution in [0.15, 0.2) is 23.1 Å². The molecule has 1 fully saturated rings. The van der Waals surface area contributed by atoms with Crippen molar-refractivity contribution in [2.45, 2.75) is 31.2 Å². The summed E-state index contributed by atoms with van der Waals surface area (Å²) in [5.74, 6) is 0.636. The molecule has 0 aliphatic heterocycles. The van der Waals surface area contributed by atoms with Crippen LogP contribution in [0.3, 0.4) is 0 Å². The van der Waals surface area contributed by atoms with Gasteiger partial charge < -0.3 is 10.2 Å². The molecule has 1 aliphatic rings. The maximum absolute atomic E-state index is 6.35. The Morgan fingerprint density at radius 1 is 1.43 bits per heavy atom. The first kappa shape index (κ1) is 8.05. The van der Waals surface area contributed by atoms with Gasteiger partial charge in [-0.05, 0) is 12.8 Å². The predicted octanol–water partition coefficient (Wildman–Crippen LogP) is 1.66. The number of hydrogen-bond acceptors (Lipinski definition) is 3. The molecule has 2 aromatic heterocycles. The van der Waals surface area contributed by atoms with Crippen molar-refractivity contribution in [3.63, 3.8) is 0 Å². The number of imidazole rings is 1. The molecule has 2 N–H and O–H groups in total. The number of aromatic nitrogens is 2. The van der Waals surface area contributed by atoms with Crippen molar-refractivity contribution < 1.29 is 4.42 Å². The summed E-state index contributed by atoms with van der Waals surface area (Å²) in [5, 5.41) is 0. The molecular formula is C10H13N3O. The molecule has 2 aromatic rings. The van der Waals surface area contributed by atoms with Crippen LogP contribution in [-0.4, -0.2) is 9.38 Å². The van der Waals surface area contributed by atoms with E-state index < -0.39 is 0 Å². The third kappa shape index (κ3) is 0.944. The van der Waals surface area contributed by atoms with Gasteiger partial charge in [0.25, 0.3) is 0 Å². The monoisotopic (exact) mass is 191 g/mol. The van der Waals surface area contributed by atoms with E-state index in [2.05, 4.69) is 4.98 Å². The molecule has 0 bridgehead atoms. The molecule has 0 aromatic carbocycles. The van der Waals surface area contributed by atoms with E-state index in [0.717, 1.165) is 18.5 Å². The van der Waals surface area contributed by atoms with Crippen molar-refractivity contribution in [2.75, 3.05) is 0 Å². The molecule has 3 rings (SSSR count). The zero-order valence-corrected chi connectivity index (χ0v) is 7.94. The largest absolute Gasteiger partial charge is 0.432 e. The normalized spacial score (nSPS) is 20.6. The number of hydrogen-bond donors (Lipinski definition) is 1. The molecule has 1 saturated carbocycles. The topological polar surface area (TPSA) is 56.5 Å². The van der Waals surface area contributed by atoms with Gasteiger partial charge in [0, 0.05) is 6.20 Å². The number of rotatable bonds is 1. The highest BCUT2D eigenvalue weighted by molar-refractivity contribution is 5.31. The maximum Gasteiger partial charge on any atom is 0.305 e. The molecule has 4 nitrogen and oxygen atoms in total. The molecule has 4 heteroatoms. The third-order valence-electron chi connectivity index (χ3n) is 3.15. The Hall–Kier alpha value is -1.29. The number of nitrogens with two attached hydrogens (primary N) is 1. The summed E-state index contributed by atoms with van der Waals surface area (Å²) in [6.07, 6.45) is 9.88. The number of oxazole rings is 1. The second kappa shape index (κ2) is 2.60. The zero-order valence-electron chi connectivity index (χ0n) is 7.94. The Morgan fingerprint density at radius 3 is 3.00 bits per heavy atom. The van der Waals surface area contributed by atoms with E-state index in [9.17, 15) is 0 Å². The molecule has 0 unspecified atom stereocenters. The highest BCUT2D eigenvalue weighted by Crippen LogP contribution is 2.36. The van der Waals surface area contributed by atoms with Crippen molar-refractivity contribution in [3.8, 4) is 0 Å². The van der Waals surface area contributed by atoms with Gasteiger partial charge in [0.2, 0.25) is 0 Å². The zero-order chi connectivity index (χ0) is 9.60. The summed E-state index contributed by atoms with van der Waals surface area (Å²) >= 11 is 0. The van der Waals surface area contributed by atoms with E-state index in [1.807, 2.05) is 16.8 Å². The molecule has 0 atom stereocenters. The van der Waals surface area contributed by atoms with Crippen molar-refractivity contribution in [1.82, 2.24) is 9.38 Å². The summed E-state index contributed by atoms with van der Waals surface area (Å²) in [7, 11) is 0. The maximum atomic E-state index is 6.35. The van der Waals surface area contributed by atoms with E-state index in [4.69, 9.17) is 10.2 Å². The predicted molar refractivity (Wildman–Crippen MR) is 51.8 cm³/mol. The minimum absolute atomic E-state index is 0.191. The van der Waals surface area contributed by atoms with E-state index in [1.165, 1.54) is 12.8 Å². The average molecular weight is 191 g/mol. The van der Waals surface area contributed by atoms with Gasteiger partial charge in [0.1, 0.15) is 6.26 Å². The smallest absolute Gasteiger partial charge is 0.305 e. The van der Waals surface area contributed by atoms with Crippen LogP contribution in [0, 0.1) is 0 Å². The third-order valence-corrected chi connectivity index (χ3v) is 3.15. The first-order valence-electron chi connectivity index (χ1n) is 4.99. The average Bonchev–Trinajstić information content (AvgIpc) is 2.76. The van der Waals surface area contributed by atoms with Crippen LogP contribution < -0.4 is 5.73 Å². The minimum Gasteiger partial charge on any atom is -0.432 e. The summed E-state index contributed by atoms with van der Waals surface area (Å²) in [6, 6.07) is 0. The first-order chi connectivity index (χ1) is 6.80. The molecule has 0 saturated heterocycles. The van der Waals surface area contributed by atoms with Gasteiger partial charge >= 0.3 is 5.84 Å². The van der Waals surface area contributed by atoms with Crippen molar-refractivity contribution in [3.05, 3.63) is 24.4 Å². The van der Waals surface area contributed by atoms with Gasteiger partial charge in [-0.2, -0.15) is 0 Å². The first-order valence-corrected chi connectivity index (χ1v) is 4.99. The molecule has 2 heterocycles. The highest BCUT2D eigenvalue weighted by atomic mass is 16.3. The second-order valence-electron chi connectivity index (χ2n) is 4.06. The van der Waals surface area contributed by atoms with E-state index >= 15 is 0 Å². The molecule has 0 radical (unpaired) electrons. The van der Waals surface area contributed by atoms with Crippen LogP contribution in [0.5, 0.6) is 0 Å². The SMILES string of the molecule is NC1(c2cnc3occn23)CCCC1. The Morgan fingerprint density at radius 2 is 2.21 bits per heavy atom. The van der Waals surface area contributed by atoms with Crippen molar-refractivity contribution in [1.29, 1.82) is 0 Å². The number of fused-ring (bicyclic) bond motifs is 1. The van der Waals surface area contributed by atoms with Gasteiger partial charge in [-0.25, -0.2) is 4.98 Å². The molecule has 74 valence electrons. The van der Waals surface area contributed by atoms with Gasteiger partial charge in [-0.15, -0.1) is 0 Å². The lowest BCUT2D eigenvalue weighted by molar-refractivity contribution is 0.443. The Labute approximate surface area is 81.7 Å². The second-order valence-corrected chi connectivity index (χ2v) is 4.06. The summed E-state index contributed by atoms with van der Waals surface area (Å²) < 4.78 is 7.15. The van der Waals surface area contributed by atoms with E-state index in [0.29, 0.717) is 5.84 Å². The fourth-order valence-corrected chi connectivity index (χ4v) is 2.36. The molecule has 14 heavy (non-hydrogen) atoms. The van der Waals surface area contributed by atoms with E-state index in [-0.39, 0.29) is 5.54 Å². The molecule has 1 aliphatic carbocycles. The lowest BCUT2D eigenvalue weighted by Gasteiger charge is -2.21. The van der Waals surface area contributed by atoms with Gasteiger partial charge in [-0.1, -0.05) is 12.8 Å². The summed E-state index contributed by atoms with van der Waals surface area (Å²) in [6.45, 7) is 0. The van der Waals surface area contributed by atoms with Crippen molar-refractivity contribution >= 4 is 5.84 Å². The molecule has 0 spiro atoms. The van der Waals surface area contributed by atoms with Gasteiger partial charge in [-0.3, -0.25) is 4.40 Å². The van der Waals surface area contributed by atoms with Crippen LogP contribution in [0.1, 0.15) is 31.4 Å². The van der Waals surface area contributed by atoms with Crippen LogP contribution in [0.4, 0.5) is 0 Å². The van der Waals surface area contributed by atoms with Crippen LogP contribution in [-0.2, 0) is 5.54 Å². The highest BCUT2D eigenvalue weighted by Gasteiger charge is 2.34. The Kier molecular flexibility index (Phi) is 1.50. The molecular weight excluding hydrogens is 178 g/mol. The van der Waals surface area contributed by atoms with Gasteiger partial charge in [0.15, 0.2) is 0 Å². The Balaban J connectivity index is 2.17. The van der Waals surface area contributed by atoms with Crippen LogP contribution in [0.25, 0.3) is 5.84 Å².